The minimum Gasteiger partial charge on any atom is -0.495 e. The van der Waals surface area contributed by atoms with Crippen LogP contribution in [0.1, 0.15) is 0 Å². The number of carboxylic acid groups (broad SMARTS) is 1. The van der Waals surface area contributed by atoms with Crippen molar-refractivity contribution in [1.29, 1.82) is 0 Å². The number of ether oxygens (including phenoxy) is 2. The van der Waals surface area contributed by atoms with Gasteiger partial charge in [-0.15, -0.1) is 0 Å². The fraction of sp³-hybridized carbons (Fsp3) is 0.385. The van der Waals surface area contributed by atoms with Gasteiger partial charge in [-0.05, 0) is 18.2 Å². The Labute approximate surface area is 127 Å². The molecule has 0 saturated heterocycles. The van der Waals surface area contributed by atoms with E-state index < -0.39 is 18.5 Å². The van der Waals surface area contributed by atoms with Crippen molar-refractivity contribution in [2.75, 3.05) is 39.2 Å². The molecule has 0 aromatic heterocycles. The molecule has 21 heavy (non-hydrogen) atoms. The molecule has 0 aliphatic heterocycles. The first-order valence-electron chi connectivity index (χ1n) is 6.08. The number of halogens is 1. The molecule has 0 aliphatic rings. The molecule has 1 aromatic carbocycles. The standard InChI is InChI=1S/C13H17ClN2O5/c1-20-6-5-16(8-12(17)18)13(19)15-9-3-4-11(21-2)10(14)7-9/h3-4,7H,5-6,8H2,1-2H3,(H,15,19)(H,17,18). The molecule has 0 unspecified atom stereocenters. The van der Waals surface area contributed by atoms with Gasteiger partial charge in [0.1, 0.15) is 12.3 Å². The minimum absolute atomic E-state index is 0.165. The smallest absolute Gasteiger partial charge is 0.323 e. The van der Waals surface area contributed by atoms with Gasteiger partial charge in [-0.1, -0.05) is 11.6 Å². The van der Waals surface area contributed by atoms with Crippen LogP contribution in [0.25, 0.3) is 0 Å². The van der Waals surface area contributed by atoms with Gasteiger partial charge in [0.05, 0.1) is 18.7 Å². The van der Waals surface area contributed by atoms with Crippen LogP contribution >= 0.6 is 11.6 Å². The van der Waals surface area contributed by atoms with E-state index in [9.17, 15) is 9.59 Å². The SMILES string of the molecule is COCCN(CC(=O)O)C(=O)Nc1ccc(OC)c(Cl)c1. The molecule has 0 radical (unpaired) electrons. The summed E-state index contributed by atoms with van der Waals surface area (Å²) >= 11 is 5.96. The third kappa shape index (κ3) is 5.49. The van der Waals surface area contributed by atoms with E-state index >= 15 is 0 Å². The first-order valence-corrected chi connectivity index (χ1v) is 6.46. The number of hydrogen-bond donors (Lipinski definition) is 2. The van der Waals surface area contributed by atoms with E-state index in [4.69, 9.17) is 26.2 Å². The molecule has 8 heteroatoms. The second kappa shape index (κ2) is 8.33. The van der Waals surface area contributed by atoms with Gasteiger partial charge in [0.2, 0.25) is 0 Å². The third-order valence-corrected chi connectivity index (χ3v) is 2.88. The van der Waals surface area contributed by atoms with Crippen molar-refractivity contribution in [3.05, 3.63) is 23.2 Å². The number of urea groups is 1. The molecule has 0 saturated carbocycles. The molecule has 0 spiro atoms. The van der Waals surface area contributed by atoms with E-state index in [1.165, 1.54) is 20.3 Å². The molecule has 2 N–H and O–H groups in total. The third-order valence-electron chi connectivity index (χ3n) is 2.58. The molecule has 1 aromatic rings. The maximum absolute atomic E-state index is 12.0. The molecule has 7 nitrogen and oxygen atoms in total. The highest BCUT2D eigenvalue weighted by Gasteiger charge is 2.17. The Balaban J connectivity index is 2.75. The van der Waals surface area contributed by atoms with Gasteiger partial charge >= 0.3 is 12.0 Å². The van der Waals surface area contributed by atoms with Crippen LogP contribution in [0.15, 0.2) is 18.2 Å². The van der Waals surface area contributed by atoms with Crippen molar-refractivity contribution in [3.63, 3.8) is 0 Å². The summed E-state index contributed by atoms with van der Waals surface area (Å²) in [6, 6.07) is 4.19. The zero-order chi connectivity index (χ0) is 15.8. The van der Waals surface area contributed by atoms with Crippen LogP contribution in [-0.4, -0.2) is 55.9 Å². The molecule has 0 atom stereocenters. The normalized spacial score (nSPS) is 10.0. The first kappa shape index (κ1) is 17.1. The van der Waals surface area contributed by atoms with E-state index in [0.29, 0.717) is 16.5 Å². The number of aliphatic carboxylic acids is 1. The van der Waals surface area contributed by atoms with Gasteiger partial charge in [0.25, 0.3) is 0 Å². The summed E-state index contributed by atoms with van der Waals surface area (Å²) in [5, 5.41) is 11.7. The van der Waals surface area contributed by atoms with Crippen molar-refractivity contribution >= 4 is 29.3 Å². The van der Waals surface area contributed by atoms with Crippen LogP contribution in [0, 0.1) is 0 Å². The minimum atomic E-state index is -1.10. The van der Waals surface area contributed by atoms with Crippen LogP contribution in [0.5, 0.6) is 5.75 Å². The van der Waals surface area contributed by atoms with E-state index in [1.54, 1.807) is 12.1 Å². The molecule has 0 fully saturated rings. The van der Waals surface area contributed by atoms with Crippen molar-refractivity contribution in [2.24, 2.45) is 0 Å². The lowest BCUT2D eigenvalue weighted by atomic mass is 10.3. The molecule has 0 aliphatic carbocycles. The van der Waals surface area contributed by atoms with E-state index in [2.05, 4.69) is 5.32 Å². The van der Waals surface area contributed by atoms with Gasteiger partial charge in [-0.25, -0.2) is 4.79 Å². The monoisotopic (exact) mass is 316 g/mol. The topological polar surface area (TPSA) is 88.1 Å². The summed E-state index contributed by atoms with van der Waals surface area (Å²) in [5.41, 5.74) is 0.443. The number of nitrogens with one attached hydrogen (secondary N) is 1. The second-order valence-corrected chi connectivity index (χ2v) is 4.49. The number of methoxy groups -OCH3 is 2. The Morgan fingerprint density at radius 3 is 2.62 bits per heavy atom. The fourth-order valence-corrected chi connectivity index (χ4v) is 1.82. The fourth-order valence-electron chi connectivity index (χ4n) is 1.56. The van der Waals surface area contributed by atoms with Crippen molar-refractivity contribution in [3.8, 4) is 5.75 Å². The predicted molar refractivity (Wildman–Crippen MR) is 78.1 cm³/mol. The van der Waals surface area contributed by atoms with E-state index in [1.807, 2.05) is 0 Å². The first-order chi connectivity index (χ1) is 9.97. The Morgan fingerprint density at radius 1 is 1.38 bits per heavy atom. The van der Waals surface area contributed by atoms with Gasteiger partial charge in [-0.2, -0.15) is 0 Å². The van der Waals surface area contributed by atoms with Crippen LogP contribution in [-0.2, 0) is 9.53 Å². The van der Waals surface area contributed by atoms with Crippen molar-refractivity contribution in [2.45, 2.75) is 0 Å². The number of amides is 2. The number of benzene rings is 1. The lowest BCUT2D eigenvalue weighted by molar-refractivity contribution is -0.137. The summed E-state index contributed by atoms with van der Waals surface area (Å²) in [6.07, 6.45) is 0. The molecule has 0 heterocycles. The molecular formula is C13H17ClN2O5. The second-order valence-electron chi connectivity index (χ2n) is 4.09. The summed E-state index contributed by atoms with van der Waals surface area (Å²) in [4.78, 5) is 23.9. The van der Waals surface area contributed by atoms with Crippen LogP contribution in [0.2, 0.25) is 5.02 Å². The Morgan fingerprint density at radius 2 is 2.10 bits per heavy atom. The van der Waals surface area contributed by atoms with Crippen molar-refractivity contribution in [1.82, 2.24) is 4.90 Å². The van der Waals surface area contributed by atoms with Gasteiger partial charge < -0.3 is 24.8 Å². The predicted octanol–water partition coefficient (Wildman–Crippen LogP) is 1.91. The summed E-state index contributed by atoms with van der Waals surface area (Å²) in [7, 11) is 2.96. The lowest BCUT2D eigenvalue weighted by Crippen LogP contribution is -2.40. The molecule has 0 bridgehead atoms. The quantitative estimate of drug-likeness (QED) is 0.802. The maximum Gasteiger partial charge on any atom is 0.323 e. The van der Waals surface area contributed by atoms with Crippen LogP contribution in [0.3, 0.4) is 0 Å². The number of carbonyl (C=O) groups excluding carboxylic acids is 1. The van der Waals surface area contributed by atoms with E-state index in [-0.39, 0.29) is 13.2 Å². The van der Waals surface area contributed by atoms with Gasteiger partial charge in [-0.3, -0.25) is 4.79 Å². The zero-order valence-corrected chi connectivity index (χ0v) is 12.5. The Kier molecular flexibility index (Phi) is 6.77. The molecular weight excluding hydrogens is 300 g/mol. The summed E-state index contributed by atoms with van der Waals surface area (Å²) in [5.74, 6) is -0.620. The zero-order valence-electron chi connectivity index (χ0n) is 11.8. The highest BCUT2D eigenvalue weighted by atomic mass is 35.5. The van der Waals surface area contributed by atoms with Gasteiger partial charge in [0.15, 0.2) is 0 Å². The molecule has 2 amide bonds. The molecule has 1 rings (SSSR count). The largest absolute Gasteiger partial charge is 0.495 e. The van der Waals surface area contributed by atoms with Crippen LogP contribution < -0.4 is 10.1 Å². The van der Waals surface area contributed by atoms with Crippen molar-refractivity contribution < 1.29 is 24.2 Å². The number of nitrogens with zero attached hydrogens (tertiary/aromatic N) is 1. The Bertz CT molecular complexity index is 509. The molecule has 116 valence electrons. The Hall–Kier alpha value is -1.99. The average Bonchev–Trinajstić information content (AvgIpc) is 2.43. The van der Waals surface area contributed by atoms with Gasteiger partial charge in [0, 0.05) is 19.3 Å². The average molecular weight is 317 g/mol. The summed E-state index contributed by atoms with van der Waals surface area (Å²) < 4.78 is 9.86. The highest BCUT2D eigenvalue weighted by Crippen LogP contribution is 2.27. The van der Waals surface area contributed by atoms with Crippen LogP contribution in [0.4, 0.5) is 10.5 Å². The number of anilines is 1. The highest BCUT2D eigenvalue weighted by molar-refractivity contribution is 6.32. The lowest BCUT2D eigenvalue weighted by Gasteiger charge is -2.21. The summed E-state index contributed by atoms with van der Waals surface area (Å²) in [6.45, 7) is -0.0122. The number of hydrogen-bond acceptors (Lipinski definition) is 4. The van der Waals surface area contributed by atoms with E-state index in [0.717, 1.165) is 4.90 Å². The number of rotatable bonds is 7. The number of carbonyl (C=O) groups is 2. The number of carboxylic acids is 1. The maximum atomic E-state index is 12.0.